The van der Waals surface area contributed by atoms with Gasteiger partial charge in [0.15, 0.2) is 0 Å². The van der Waals surface area contributed by atoms with Gasteiger partial charge in [-0.05, 0) is 42.8 Å². The SMILES string of the molecule is Cc1c(Cl)cccc1NC(=O)c1cccc(S(=O)(=O)N2CCNC(=O)C2)c1. The number of sulfonamides is 1. The zero-order chi connectivity index (χ0) is 19.6. The standard InChI is InChI=1S/C18H18ClN3O4S/c1-12-15(19)6-3-7-16(12)21-18(24)13-4-2-5-14(10-13)27(25,26)22-9-8-20-17(23)11-22/h2-7,10H,8-9,11H2,1H3,(H,20,23)(H,21,24). The molecule has 1 aliphatic rings. The van der Waals surface area contributed by atoms with Crippen molar-refractivity contribution in [2.75, 3.05) is 25.0 Å². The smallest absolute Gasteiger partial charge is 0.255 e. The third-order valence-corrected chi connectivity index (χ3v) is 6.50. The van der Waals surface area contributed by atoms with Crippen molar-refractivity contribution in [3.05, 3.63) is 58.6 Å². The highest BCUT2D eigenvalue weighted by Crippen LogP contribution is 2.24. The summed E-state index contributed by atoms with van der Waals surface area (Å²) in [4.78, 5) is 24.0. The van der Waals surface area contributed by atoms with E-state index in [0.29, 0.717) is 10.7 Å². The monoisotopic (exact) mass is 407 g/mol. The minimum absolute atomic E-state index is 0.0346. The summed E-state index contributed by atoms with van der Waals surface area (Å²) in [7, 11) is -3.87. The highest BCUT2D eigenvalue weighted by atomic mass is 35.5. The van der Waals surface area contributed by atoms with E-state index in [-0.39, 0.29) is 36.0 Å². The van der Waals surface area contributed by atoms with Gasteiger partial charge in [-0.1, -0.05) is 23.7 Å². The maximum absolute atomic E-state index is 12.8. The molecule has 0 bridgehead atoms. The Morgan fingerprint density at radius 3 is 2.70 bits per heavy atom. The predicted octanol–water partition coefficient (Wildman–Crippen LogP) is 2.02. The maximum Gasteiger partial charge on any atom is 0.255 e. The highest BCUT2D eigenvalue weighted by molar-refractivity contribution is 7.89. The quantitative estimate of drug-likeness (QED) is 0.810. The number of hydrogen-bond donors (Lipinski definition) is 2. The van der Waals surface area contributed by atoms with E-state index in [1.165, 1.54) is 24.3 Å². The molecule has 1 fully saturated rings. The lowest BCUT2D eigenvalue weighted by Gasteiger charge is -2.26. The number of carbonyl (C=O) groups is 2. The summed E-state index contributed by atoms with van der Waals surface area (Å²) in [6, 6.07) is 10.9. The summed E-state index contributed by atoms with van der Waals surface area (Å²) in [5.74, 6) is -0.802. The summed E-state index contributed by atoms with van der Waals surface area (Å²) >= 11 is 6.06. The molecule has 9 heteroatoms. The fraction of sp³-hybridized carbons (Fsp3) is 0.222. The van der Waals surface area contributed by atoms with E-state index in [1.54, 1.807) is 25.1 Å². The third kappa shape index (κ3) is 4.13. The normalized spacial score (nSPS) is 15.3. The maximum atomic E-state index is 12.8. The van der Waals surface area contributed by atoms with Crippen LogP contribution in [0.25, 0.3) is 0 Å². The van der Waals surface area contributed by atoms with Crippen LogP contribution in [0.4, 0.5) is 5.69 Å². The van der Waals surface area contributed by atoms with Crippen LogP contribution in [-0.2, 0) is 14.8 Å². The van der Waals surface area contributed by atoms with Crippen molar-refractivity contribution in [3.63, 3.8) is 0 Å². The molecule has 0 unspecified atom stereocenters. The van der Waals surface area contributed by atoms with Crippen molar-refractivity contribution < 1.29 is 18.0 Å². The second-order valence-electron chi connectivity index (χ2n) is 6.08. The molecule has 0 aromatic heterocycles. The van der Waals surface area contributed by atoms with E-state index >= 15 is 0 Å². The first-order valence-corrected chi connectivity index (χ1v) is 10.0. The molecule has 2 aromatic rings. The van der Waals surface area contributed by atoms with E-state index in [9.17, 15) is 18.0 Å². The molecule has 0 spiro atoms. The van der Waals surface area contributed by atoms with Crippen molar-refractivity contribution in [3.8, 4) is 0 Å². The Kier molecular flexibility index (Phi) is 5.50. The Morgan fingerprint density at radius 2 is 1.96 bits per heavy atom. The van der Waals surface area contributed by atoms with E-state index < -0.39 is 15.9 Å². The van der Waals surface area contributed by atoms with Crippen molar-refractivity contribution >= 4 is 39.1 Å². The lowest BCUT2D eigenvalue weighted by Crippen LogP contribution is -2.49. The number of halogens is 1. The van der Waals surface area contributed by atoms with Gasteiger partial charge >= 0.3 is 0 Å². The second-order valence-corrected chi connectivity index (χ2v) is 8.43. The molecule has 0 aliphatic carbocycles. The van der Waals surface area contributed by atoms with Crippen molar-refractivity contribution in [2.45, 2.75) is 11.8 Å². The average Bonchev–Trinajstić information content (AvgIpc) is 2.65. The molecule has 1 heterocycles. The van der Waals surface area contributed by atoms with Crippen LogP contribution in [0.2, 0.25) is 5.02 Å². The molecule has 1 aliphatic heterocycles. The minimum atomic E-state index is -3.87. The fourth-order valence-corrected chi connectivity index (χ4v) is 4.32. The molecular weight excluding hydrogens is 390 g/mol. The molecule has 7 nitrogen and oxygen atoms in total. The van der Waals surface area contributed by atoms with E-state index in [2.05, 4.69) is 10.6 Å². The number of hydrogen-bond acceptors (Lipinski definition) is 4. The molecule has 2 N–H and O–H groups in total. The predicted molar refractivity (Wildman–Crippen MR) is 102 cm³/mol. The average molecular weight is 408 g/mol. The number of benzene rings is 2. The van der Waals surface area contributed by atoms with Crippen LogP contribution >= 0.6 is 11.6 Å². The summed E-state index contributed by atoms with van der Waals surface area (Å²) in [5.41, 5.74) is 1.46. The molecule has 2 amide bonds. The molecule has 0 radical (unpaired) electrons. The van der Waals surface area contributed by atoms with Gasteiger partial charge in [-0.2, -0.15) is 4.31 Å². The summed E-state index contributed by atoms with van der Waals surface area (Å²) in [6.07, 6.45) is 0. The molecule has 142 valence electrons. The lowest BCUT2D eigenvalue weighted by molar-refractivity contribution is -0.122. The van der Waals surface area contributed by atoms with Gasteiger partial charge < -0.3 is 10.6 Å². The van der Waals surface area contributed by atoms with Crippen LogP contribution in [0.5, 0.6) is 0 Å². The van der Waals surface area contributed by atoms with Gasteiger partial charge in [0, 0.05) is 29.4 Å². The van der Waals surface area contributed by atoms with E-state index in [0.717, 1.165) is 9.87 Å². The van der Waals surface area contributed by atoms with Crippen LogP contribution in [0.15, 0.2) is 47.4 Å². The Bertz CT molecular complexity index is 1010. The molecule has 0 saturated carbocycles. The molecule has 3 rings (SSSR count). The Balaban J connectivity index is 1.85. The molecule has 0 atom stereocenters. The highest BCUT2D eigenvalue weighted by Gasteiger charge is 2.29. The number of amides is 2. The summed E-state index contributed by atoms with van der Waals surface area (Å²) in [6.45, 7) is 1.99. The third-order valence-electron chi connectivity index (χ3n) is 4.25. The Labute approximate surface area is 162 Å². The summed E-state index contributed by atoms with van der Waals surface area (Å²) in [5, 5.41) is 5.84. The first-order chi connectivity index (χ1) is 12.8. The number of rotatable bonds is 4. The van der Waals surface area contributed by atoms with Crippen LogP contribution in [0.1, 0.15) is 15.9 Å². The van der Waals surface area contributed by atoms with Crippen LogP contribution < -0.4 is 10.6 Å². The van der Waals surface area contributed by atoms with Crippen molar-refractivity contribution in [1.82, 2.24) is 9.62 Å². The van der Waals surface area contributed by atoms with Gasteiger partial charge in [-0.25, -0.2) is 8.42 Å². The second kappa shape index (κ2) is 7.67. The van der Waals surface area contributed by atoms with E-state index in [1.807, 2.05) is 0 Å². The van der Waals surface area contributed by atoms with Crippen molar-refractivity contribution in [2.24, 2.45) is 0 Å². The van der Waals surface area contributed by atoms with Crippen molar-refractivity contribution in [1.29, 1.82) is 0 Å². The largest absolute Gasteiger partial charge is 0.354 e. The molecule has 2 aromatic carbocycles. The van der Waals surface area contributed by atoms with Gasteiger partial charge in [0.1, 0.15) is 0 Å². The number of carbonyl (C=O) groups excluding carboxylic acids is 2. The number of piperazine rings is 1. The Morgan fingerprint density at radius 1 is 1.22 bits per heavy atom. The van der Waals surface area contributed by atoms with Crippen LogP contribution in [0, 0.1) is 6.92 Å². The number of nitrogens with one attached hydrogen (secondary N) is 2. The fourth-order valence-electron chi connectivity index (χ4n) is 2.70. The topological polar surface area (TPSA) is 95.6 Å². The van der Waals surface area contributed by atoms with Crippen LogP contribution in [0.3, 0.4) is 0 Å². The lowest BCUT2D eigenvalue weighted by atomic mass is 10.1. The zero-order valence-electron chi connectivity index (χ0n) is 14.5. The van der Waals surface area contributed by atoms with Gasteiger partial charge in [0.05, 0.1) is 11.4 Å². The summed E-state index contributed by atoms with van der Waals surface area (Å²) < 4.78 is 26.6. The first-order valence-electron chi connectivity index (χ1n) is 8.22. The van der Waals surface area contributed by atoms with Gasteiger partial charge in [0.2, 0.25) is 15.9 Å². The van der Waals surface area contributed by atoms with Crippen LogP contribution in [-0.4, -0.2) is 44.2 Å². The minimum Gasteiger partial charge on any atom is -0.354 e. The van der Waals surface area contributed by atoms with Gasteiger partial charge in [-0.15, -0.1) is 0 Å². The van der Waals surface area contributed by atoms with E-state index in [4.69, 9.17) is 11.6 Å². The molecular formula is C18H18ClN3O4S. The van der Waals surface area contributed by atoms with Gasteiger partial charge in [0.25, 0.3) is 5.91 Å². The molecule has 1 saturated heterocycles. The number of anilines is 1. The Hall–Kier alpha value is -2.42. The van der Waals surface area contributed by atoms with Gasteiger partial charge in [-0.3, -0.25) is 9.59 Å². The molecule has 27 heavy (non-hydrogen) atoms. The zero-order valence-corrected chi connectivity index (χ0v) is 16.1. The first kappa shape index (κ1) is 19.3. The number of nitrogens with zero attached hydrogens (tertiary/aromatic N) is 1.